The Morgan fingerprint density at radius 2 is 2.07 bits per heavy atom. The van der Waals surface area contributed by atoms with Crippen molar-refractivity contribution in [3.63, 3.8) is 0 Å². The molecule has 0 bridgehead atoms. The standard InChI is InChI=1S/C19H17ClFN5O/c1-26(2)5-6-27-18-8-14-17(11-24-18)23-10-12(9-22)19(14)25-13-3-4-16(21)15(20)7-13/h3-4,7-8,10-11H,5-6H2,1-2H3,(H,23,25). The summed E-state index contributed by atoms with van der Waals surface area (Å²) in [5.41, 5.74) is 2.03. The molecule has 2 aromatic heterocycles. The van der Waals surface area contributed by atoms with Gasteiger partial charge in [-0.25, -0.2) is 9.37 Å². The number of nitriles is 1. The molecule has 0 amide bonds. The third-order valence-corrected chi connectivity index (χ3v) is 4.12. The zero-order valence-corrected chi connectivity index (χ0v) is 15.6. The van der Waals surface area contributed by atoms with Gasteiger partial charge in [0.1, 0.15) is 18.5 Å². The lowest BCUT2D eigenvalue weighted by molar-refractivity contribution is 0.254. The van der Waals surface area contributed by atoms with E-state index in [2.05, 4.69) is 21.4 Å². The minimum absolute atomic E-state index is 0.00811. The van der Waals surface area contributed by atoms with Crippen LogP contribution in [0.3, 0.4) is 0 Å². The maximum Gasteiger partial charge on any atom is 0.214 e. The second-order valence-corrected chi connectivity index (χ2v) is 6.51. The molecule has 138 valence electrons. The van der Waals surface area contributed by atoms with Crippen LogP contribution in [0.25, 0.3) is 10.9 Å². The van der Waals surface area contributed by atoms with Crippen LogP contribution in [0.1, 0.15) is 5.56 Å². The molecule has 27 heavy (non-hydrogen) atoms. The van der Waals surface area contributed by atoms with Crippen molar-refractivity contribution in [1.82, 2.24) is 14.9 Å². The summed E-state index contributed by atoms with van der Waals surface area (Å²) >= 11 is 5.85. The zero-order chi connectivity index (χ0) is 19.4. The van der Waals surface area contributed by atoms with Crippen LogP contribution in [0.15, 0.2) is 36.7 Å². The Bertz CT molecular complexity index is 1020. The largest absolute Gasteiger partial charge is 0.476 e. The highest BCUT2D eigenvalue weighted by molar-refractivity contribution is 6.31. The van der Waals surface area contributed by atoms with E-state index in [9.17, 15) is 9.65 Å². The number of nitrogens with zero attached hydrogens (tertiary/aromatic N) is 4. The summed E-state index contributed by atoms with van der Waals surface area (Å²) < 4.78 is 19.1. The van der Waals surface area contributed by atoms with Crippen molar-refractivity contribution in [3.05, 3.63) is 53.1 Å². The van der Waals surface area contributed by atoms with E-state index in [1.165, 1.54) is 18.3 Å². The van der Waals surface area contributed by atoms with Gasteiger partial charge in [-0.05, 0) is 32.3 Å². The molecule has 0 radical (unpaired) electrons. The maximum atomic E-state index is 13.4. The summed E-state index contributed by atoms with van der Waals surface area (Å²) in [6.07, 6.45) is 3.05. The number of ether oxygens (including phenoxy) is 1. The number of hydrogen-bond donors (Lipinski definition) is 1. The van der Waals surface area contributed by atoms with Crippen LogP contribution in [0.4, 0.5) is 15.8 Å². The smallest absolute Gasteiger partial charge is 0.214 e. The summed E-state index contributed by atoms with van der Waals surface area (Å²) in [6, 6.07) is 8.11. The van der Waals surface area contributed by atoms with E-state index in [4.69, 9.17) is 16.3 Å². The van der Waals surface area contributed by atoms with Crippen LogP contribution in [-0.4, -0.2) is 42.1 Å². The van der Waals surface area contributed by atoms with Gasteiger partial charge in [0.05, 0.1) is 28.0 Å². The molecule has 1 N–H and O–H groups in total. The van der Waals surface area contributed by atoms with Gasteiger partial charge in [0.25, 0.3) is 0 Å². The van der Waals surface area contributed by atoms with Crippen molar-refractivity contribution in [1.29, 1.82) is 5.26 Å². The third-order valence-electron chi connectivity index (χ3n) is 3.83. The molecule has 0 spiro atoms. The SMILES string of the molecule is CN(C)CCOc1cc2c(Nc3ccc(F)c(Cl)c3)c(C#N)cnc2cn1. The normalized spacial score (nSPS) is 10.8. The minimum Gasteiger partial charge on any atom is -0.476 e. The summed E-state index contributed by atoms with van der Waals surface area (Å²) in [6.45, 7) is 1.22. The van der Waals surface area contributed by atoms with E-state index >= 15 is 0 Å². The first-order valence-corrected chi connectivity index (χ1v) is 8.54. The number of pyridine rings is 2. The molecule has 0 unspecified atom stereocenters. The van der Waals surface area contributed by atoms with Crippen LogP contribution >= 0.6 is 11.6 Å². The van der Waals surface area contributed by atoms with E-state index in [1.807, 2.05) is 19.0 Å². The molecule has 8 heteroatoms. The van der Waals surface area contributed by atoms with E-state index in [-0.39, 0.29) is 5.02 Å². The number of rotatable bonds is 6. The van der Waals surface area contributed by atoms with Crippen LogP contribution in [0.5, 0.6) is 5.88 Å². The average molecular weight is 386 g/mol. The van der Waals surface area contributed by atoms with Gasteiger partial charge in [-0.3, -0.25) is 4.98 Å². The number of fused-ring (bicyclic) bond motifs is 1. The zero-order valence-electron chi connectivity index (χ0n) is 14.8. The first kappa shape index (κ1) is 18.8. The van der Waals surface area contributed by atoms with Gasteiger partial charge in [0, 0.05) is 29.9 Å². The fraction of sp³-hybridized carbons (Fsp3) is 0.211. The van der Waals surface area contributed by atoms with Crippen LogP contribution < -0.4 is 10.1 Å². The number of aromatic nitrogens is 2. The second-order valence-electron chi connectivity index (χ2n) is 6.10. The summed E-state index contributed by atoms with van der Waals surface area (Å²) in [4.78, 5) is 10.5. The second kappa shape index (κ2) is 8.16. The Kier molecular flexibility index (Phi) is 5.69. The van der Waals surface area contributed by atoms with E-state index in [1.54, 1.807) is 18.3 Å². The van der Waals surface area contributed by atoms with Crippen LogP contribution in [-0.2, 0) is 0 Å². The average Bonchev–Trinajstić information content (AvgIpc) is 2.65. The van der Waals surface area contributed by atoms with Crippen molar-refractivity contribution >= 4 is 33.9 Å². The van der Waals surface area contributed by atoms with E-state index < -0.39 is 5.82 Å². The van der Waals surface area contributed by atoms with Crippen molar-refractivity contribution in [3.8, 4) is 11.9 Å². The third kappa shape index (κ3) is 4.42. The lowest BCUT2D eigenvalue weighted by Gasteiger charge is -2.14. The molecule has 0 aliphatic carbocycles. The minimum atomic E-state index is -0.511. The van der Waals surface area contributed by atoms with Gasteiger partial charge in [-0.1, -0.05) is 11.6 Å². The Labute approximate surface area is 161 Å². The van der Waals surface area contributed by atoms with E-state index in [0.717, 1.165) is 6.54 Å². The quantitative estimate of drug-likeness (QED) is 0.691. The number of likely N-dealkylation sites (N-methyl/N-ethyl adjacent to an activating group) is 1. The predicted octanol–water partition coefficient (Wildman–Crippen LogP) is 3.98. The van der Waals surface area contributed by atoms with Crippen molar-refractivity contribution in [2.45, 2.75) is 0 Å². The topological polar surface area (TPSA) is 74.1 Å². The van der Waals surface area contributed by atoms with Crippen molar-refractivity contribution < 1.29 is 9.13 Å². The maximum absolute atomic E-state index is 13.4. The lowest BCUT2D eigenvalue weighted by Crippen LogP contribution is -2.19. The number of hydrogen-bond acceptors (Lipinski definition) is 6. The van der Waals surface area contributed by atoms with Gasteiger partial charge < -0.3 is 15.0 Å². The van der Waals surface area contributed by atoms with Gasteiger partial charge in [-0.15, -0.1) is 0 Å². The molecule has 0 aliphatic rings. The molecule has 6 nitrogen and oxygen atoms in total. The monoisotopic (exact) mass is 385 g/mol. The molecule has 1 aromatic carbocycles. The fourth-order valence-electron chi connectivity index (χ4n) is 2.43. The van der Waals surface area contributed by atoms with Crippen molar-refractivity contribution in [2.24, 2.45) is 0 Å². The summed E-state index contributed by atoms with van der Waals surface area (Å²) in [7, 11) is 3.91. The molecule has 0 saturated carbocycles. The lowest BCUT2D eigenvalue weighted by atomic mass is 10.1. The first-order valence-electron chi connectivity index (χ1n) is 8.16. The van der Waals surface area contributed by atoms with Gasteiger partial charge in [-0.2, -0.15) is 5.26 Å². The number of nitrogens with one attached hydrogen (secondary N) is 1. The Hall–Kier alpha value is -2.95. The number of halogens is 2. The molecule has 0 aliphatic heterocycles. The van der Waals surface area contributed by atoms with Gasteiger partial charge in [0.2, 0.25) is 5.88 Å². The van der Waals surface area contributed by atoms with E-state index in [0.29, 0.717) is 40.3 Å². The van der Waals surface area contributed by atoms with Gasteiger partial charge >= 0.3 is 0 Å². The Morgan fingerprint density at radius 3 is 2.78 bits per heavy atom. The first-order chi connectivity index (χ1) is 13.0. The molecule has 3 rings (SSSR count). The summed E-state index contributed by atoms with van der Waals surface area (Å²) in [5, 5.41) is 13.3. The molecular formula is C19H17ClFN5O. The van der Waals surface area contributed by atoms with Crippen LogP contribution in [0.2, 0.25) is 5.02 Å². The predicted molar refractivity (Wildman–Crippen MR) is 103 cm³/mol. The highest BCUT2D eigenvalue weighted by atomic mass is 35.5. The van der Waals surface area contributed by atoms with Crippen LogP contribution in [0, 0.1) is 17.1 Å². The molecule has 0 atom stereocenters. The molecular weight excluding hydrogens is 369 g/mol. The number of anilines is 2. The number of benzene rings is 1. The Morgan fingerprint density at radius 1 is 1.26 bits per heavy atom. The van der Waals surface area contributed by atoms with Crippen molar-refractivity contribution in [2.75, 3.05) is 32.6 Å². The molecule has 0 fully saturated rings. The summed E-state index contributed by atoms with van der Waals surface area (Å²) in [5.74, 6) is -0.0792. The van der Waals surface area contributed by atoms with Gasteiger partial charge in [0.15, 0.2) is 0 Å². The fourth-order valence-corrected chi connectivity index (χ4v) is 2.61. The highest BCUT2D eigenvalue weighted by Gasteiger charge is 2.12. The molecule has 2 heterocycles. The molecule has 0 saturated heterocycles. The molecule has 3 aromatic rings. The Balaban J connectivity index is 2.00. The highest BCUT2D eigenvalue weighted by Crippen LogP contribution is 2.31.